The fraction of sp³-hybridized carbons (Fsp3) is 0.227. The second-order valence-corrected chi connectivity index (χ2v) is 9.00. The number of thiophene rings is 1. The zero-order valence-corrected chi connectivity index (χ0v) is 18.2. The van der Waals surface area contributed by atoms with E-state index in [0.717, 1.165) is 26.6 Å². The van der Waals surface area contributed by atoms with Crippen molar-refractivity contribution in [3.8, 4) is 0 Å². The number of hydrogen-bond donors (Lipinski definition) is 0. The topological polar surface area (TPSA) is 50.3 Å². The maximum Gasteiger partial charge on any atom is 0.230 e. The fourth-order valence-corrected chi connectivity index (χ4v) is 4.66. The lowest BCUT2D eigenvalue weighted by Gasteiger charge is -2.19. The van der Waals surface area contributed by atoms with Crippen LogP contribution in [-0.2, 0) is 4.79 Å². The summed E-state index contributed by atoms with van der Waals surface area (Å²) in [5.74, 6) is -0.137. The van der Waals surface area contributed by atoms with Crippen LogP contribution < -0.4 is 4.90 Å². The van der Waals surface area contributed by atoms with Crippen LogP contribution in [0.4, 0.5) is 10.8 Å². The molecule has 0 aliphatic rings. The second-order valence-electron chi connectivity index (χ2n) is 6.70. The molecule has 2 aromatic heterocycles. The molecule has 0 N–H and O–H groups in total. The predicted octanol–water partition coefficient (Wildman–Crippen LogP) is 6.02. The standard InChI is InChI=1S/C22H22N2O2S2/c1-13-6-8-19(10-14(13)2)24(17(5)25)22-23-18(12-27-22)7-9-21(26)20-11-15(3)28-16(20)4/h6-12H,1-5H3/b9-7+. The van der Waals surface area contributed by atoms with Crippen LogP contribution in [0, 0.1) is 27.7 Å². The van der Waals surface area contributed by atoms with Crippen molar-refractivity contribution in [3.05, 3.63) is 67.9 Å². The molecule has 0 aliphatic heterocycles. The van der Waals surface area contributed by atoms with Crippen molar-refractivity contribution in [2.75, 3.05) is 4.90 Å². The Hall–Kier alpha value is -2.57. The molecule has 0 radical (unpaired) electrons. The van der Waals surface area contributed by atoms with Gasteiger partial charge in [0, 0.05) is 27.6 Å². The summed E-state index contributed by atoms with van der Waals surface area (Å²) in [5, 5.41) is 2.44. The van der Waals surface area contributed by atoms with Crippen LogP contribution in [0.5, 0.6) is 0 Å². The van der Waals surface area contributed by atoms with Crippen LogP contribution in [0.15, 0.2) is 35.7 Å². The Balaban J connectivity index is 1.85. The monoisotopic (exact) mass is 410 g/mol. The van der Waals surface area contributed by atoms with Gasteiger partial charge in [0.1, 0.15) is 0 Å². The van der Waals surface area contributed by atoms with Gasteiger partial charge in [-0.3, -0.25) is 14.5 Å². The average molecular weight is 411 g/mol. The Bertz CT molecular complexity index is 1080. The lowest BCUT2D eigenvalue weighted by molar-refractivity contribution is -0.115. The zero-order chi connectivity index (χ0) is 20.4. The van der Waals surface area contributed by atoms with Gasteiger partial charge in [0.05, 0.1) is 11.4 Å². The van der Waals surface area contributed by atoms with E-state index >= 15 is 0 Å². The number of carbonyl (C=O) groups excluding carboxylic acids is 2. The number of nitrogens with zero attached hydrogens (tertiary/aromatic N) is 2. The van der Waals surface area contributed by atoms with Gasteiger partial charge in [-0.05, 0) is 69.2 Å². The third kappa shape index (κ3) is 4.29. The zero-order valence-electron chi connectivity index (χ0n) is 16.6. The van der Waals surface area contributed by atoms with Crippen LogP contribution >= 0.6 is 22.7 Å². The first-order valence-corrected chi connectivity index (χ1v) is 10.6. The molecule has 0 bridgehead atoms. The van der Waals surface area contributed by atoms with Gasteiger partial charge in [-0.2, -0.15) is 0 Å². The first-order chi connectivity index (χ1) is 13.3. The second kappa shape index (κ2) is 8.20. The van der Waals surface area contributed by atoms with Gasteiger partial charge >= 0.3 is 0 Å². The number of ketones is 1. The summed E-state index contributed by atoms with van der Waals surface area (Å²) >= 11 is 3.00. The molecule has 144 valence electrons. The molecular formula is C22H22N2O2S2. The first-order valence-electron chi connectivity index (χ1n) is 8.89. The molecule has 0 unspecified atom stereocenters. The van der Waals surface area contributed by atoms with Gasteiger partial charge < -0.3 is 0 Å². The minimum Gasteiger partial charge on any atom is -0.289 e. The third-order valence-electron chi connectivity index (χ3n) is 4.48. The Morgan fingerprint density at radius 3 is 2.43 bits per heavy atom. The lowest BCUT2D eigenvalue weighted by Crippen LogP contribution is -2.22. The van der Waals surface area contributed by atoms with Crippen molar-refractivity contribution >= 4 is 51.3 Å². The predicted molar refractivity (Wildman–Crippen MR) is 118 cm³/mol. The van der Waals surface area contributed by atoms with Crippen LogP contribution in [-0.4, -0.2) is 16.7 Å². The molecular weight excluding hydrogens is 388 g/mol. The Kier molecular flexibility index (Phi) is 5.91. The highest BCUT2D eigenvalue weighted by Gasteiger charge is 2.18. The van der Waals surface area contributed by atoms with Gasteiger partial charge in [0.25, 0.3) is 0 Å². The quantitative estimate of drug-likeness (QED) is 0.382. The van der Waals surface area contributed by atoms with Crippen molar-refractivity contribution in [1.29, 1.82) is 0 Å². The number of thiazole rings is 1. The highest BCUT2D eigenvalue weighted by Crippen LogP contribution is 2.30. The van der Waals surface area contributed by atoms with Gasteiger partial charge in [0.15, 0.2) is 10.9 Å². The molecule has 2 heterocycles. The summed E-state index contributed by atoms with van der Waals surface area (Å²) in [6.07, 6.45) is 3.24. The summed E-state index contributed by atoms with van der Waals surface area (Å²) < 4.78 is 0. The van der Waals surface area contributed by atoms with Gasteiger partial charge in [-0.15, -0.1) is 22.7 Å². The van der Waals surface area contributed by atoms with Crippen molar-refractivity contribution in [2.24, 2.45) is 0 Å². The number of amides is 1. The van der Waals surface area contributed by atoms with Crippen molar-refractivity contribution in [3.63, 3.8) is 0 Å². The highest BCUT2D eigenvalue weighted by atomic mass is 32.1. The van der Waals surface area contributed by atoms with Crippen LogP contribution in [0.25, 0.3) is 6.08 Å². The van der Waals surface area contributed by atoms with E-state index in [9.17, 15) is 9.59 Å². The molecule has 0 saturated carbocycles. The number of aryl methyl sites for hydroxylation is 4. The highest BCUT2D eigenvalue weighted by molar-refractivity contribution is 7.14. The summed E-state index contributed by atoms with van der Waals surface area (Å²) in [6.45, 7) is 9.53. The van der Waals surface area contributed by atoms with E-state index in [2.05, 4.69) is 4.98 Å². The van der Waals surface area contributed by atoms with Crippen LogP contribution in [0.1, 0.15) is 43.9 Å². The molecule has 28 heavy (non-hydrogen) atoms. The van der Waals surface area contributed by atoms with E-state index < -0.39 is 0 Å². The van der Waals surface area contributed by atoms with E-state index in [1.807, 2.05) is 57.3 Å². The Labute approximate surface area is 173 Å². The fourth-order valence-electron chi connectivity index (χ4n) is 2.87. The number of benzene rings is 1. The number of carbonyl (C=O) groups is 2. The molecule has 0 fully saturated rings. The van der Waals surface area contributed by atoms with Crippen molar-refractivity contribution < 1.29 is 9.59 Å². The molecule has 4 nitrogen and oxygen atoms in total. The molecule has 3 aromatic rings. The molecule has 6 heteroatoms. The number of hydrogen-bond acceptors (Lipinski definition) is 5. The number of rotatable bonds is 5. The summed E-state index contributed by atoms with van der Waals surface area (Å²) in [5.41, 5.74) is 4.48. The number of anilines is 2. The van der Waals surface area contributed by atoms with Gasteiger partial charge in [0.2, 0.25) is 5.91 Å². The minimum atomic E-state index is -0.103. The van der Waals surface area contributed by atoms with E-state index in [0.29, 0.717) is 10.8 Å². The SMILES string of the molecule is CC(=O)N(c1ccc(C)c(C)c1)c1nc(/C=C/C(=O)c2cc(C)sc2C)cs1. The minimum absolute atomic E-state index is 0.0333. The largest absolute Gasteiger partial charge is 0.289 e. The van der Waals surface area contributed by atoms with Crippen molar-refractivity contribution in [1.82, 2.24) is 4.98 Å². The molecule has 0 saturated heterocycles. The third-order valence-corrected chi connectivity index (χ3v) is 6.29. The number of allylic oxidation sites excluding steroid dienone is 1. The van der Waals surface area contributed by atoms with E-state index in [1.54, 1.807) is 28.4 Å². The van der Waals surface area contributed by atoms with Crippen molar-refractivity contribution in [2.45, 2.75) is 34.6 Å². The molecule has 0 aliphatic carbocycles. The Morgan fingerprint density at radius 1 is 1.07 bits per heavy atom. The van der Waals surface area contributed by atoms with E-state index in [-0.39, 0.29) is 11.7 Å². The molecule has 0 spiro atoms. The lowest BCUT2D eigenvalue weighted by atomic mass is 10.1. The molecule has 1 amide bonds. The van der Waals surface area contributed by atoms with E-state index in [4.69, 9.17) is 0 Å². The number of aromatic nitrogens is 1. The maximum absolute atomic E-state index is 12.4. The molecule has 3 rings (SSSR count). The first kappa shape index (κ1) is 20.2. The average Bonchev–Trinajstić information content (AvgIpc) is 3.22. The van der Waals surface area contributed by atoms with E-state index in [1.165, 1.54) is 23.8 Å². The van der Waals surface area contributed by atoms with Gasteiger partial charge in [-0.25, -0.2) is 4.98 Å². The summed E-state index contributed by atoms with van der Waals surface area (Å²) in [4.78, 5) is 33.0. The summed E-state index contributed by atoms with van der Waals surface area (Å²) in [7, 11) is 0. The normalized spacial score (nSPS) is 11.2. The molecule has 1 aromatic carbocycles. The smallest absolute Gasteiger partial charge is 0.230 e. The maximum atomic E-state index is 12.4. The molecule has 0 atom stereocenters. The van der Waals surface area contributed by atoms with Crippen LogP contribution in [0.3, 0.4) is 0 Å². The summed E-state index contributed by atoms with van der Waals surface area (Å²) in [6, 6.07) is 7.82. The van der Waals surface area contributed by atoms with Gasteiger partial charge in [-0.1, -0.05) is 6.07 Å². The van der Waals surface area contributed by atoms with Crippen LogP contribution in [0.2, 0.25) is 0 Å². The Morgan fingerprint density at radius 2 is 1.82 bits per heavy atom.